The van der Waals surface area contributed by atoms with Gasteiger partial charge in [0.2, 0.25) is 0 Å². The molecule has 0 radical (unpaired) electrons. The van der Waals surface area contributed by atoms with E-state index in [0.29, 0.717) is 6.42 Å². The van der Waals surface area contributed by atoms with Crippen LogP contribution in [0.3, 0.4) is 0 Å². The zero-order chi connectivity index (χ0) is 14.4. The molecule has 0 rings (SSSR count). The van der Waals surface area contributed by atoms with E-state index in [1.165, 1.54) is 0 Å². The summed E-state index contributed by atoms with van der Waals surface area (Å²) in [6.45, 7) is 0. The van der Waals surface area contributed by atoms with Crippen molar-refractivity contribution >= 4 is 10.1 Å². The largest absolute Gasteiger partial charge is 0.389 e. The summed E-state index contributed by atoms with van der Waals surface area (Å²) in [7, 11) is -5.40. The first-order valence-electron chi connectivity index (χ1n) is 5.37. The molecule has 0 aromatic rings. The molecule has 0 amide bonds. The molecule has 0 aliphatic carbocycles. The van der Waals surface area contributed by atoms with E-state index in [-0.39, 0.29) is 25.7 Å². The fourth-order valence-corrected chi connectivity index (χ4v) is 1.72. The lowest BCUT2D eigenvalue weighted by Crippen LogP contribution is -2.27. The fraction of sp³-hybridized carbons (Fsp3) is 1.00. The Hall–Kier alpha value is -0.440. The maximum atomic E-state index is 12.7. The average Bonchev–Trinajstić information content (AvgIpc) is 2.12. The second kappa shape index (κ2) is 6.65. The summed E-state index contributed by atoms with van der Waals surface area (Å²) in [6.07, 6.45) is -5.62. The smallest absolute Gasteiger partial charge is 0.281 e. The highest BCUT2D eigenvalue weighted by atomic mass is 32.2. The Morgan fingerprint density at radius 1 is 0.778 bits per heavy atom. The Morgan fingerprint density at radius 2 is 1.17 bits per heavy atom. The molecular formula is C9H15F5O3S. The highest BCUT2D eigenvalue weighted by molar-refractivity contribution is 7.86. The summed E-state index contributed by atoms with van der Waals surface area (Å²) in [5.41, 5.74) is 0. The normalized spacial score (nSPS) is 13.9. The molecule has 0 aromatic heterocycles. The summed E-state index contributed by atoms with van der Waals surface area (Å²) in [4.78, 5) is 0. The molecule has 0 saturated carbocycles. The van der Waals surface area contributed by atoms with E-state index in [0.717, 1.165) is 0 Å². The minimum absolute atomic E-state index is 0.0712. The summed E-state index contributed by atoms with van der Waals surface area (Å²) in [5, 5.41) is -4.18. The fourth-order valence-electron chi connectivity index (χ4n) is 1.32. The minimum Gasteiger partial charge on any atom is -0.281 e. The average molecular weight is 298 g/mol. The highest BCUT2D eigenvalue weighted by Gasteiger charge is 2.42. The quantitative estimate of drug-likeness (QED) is 0.422. The van der Waals surface area contributed by atoms with Crippen molar-refractivity contribution in [3.63, 3.8) is 0 Å². The van der Waals surface area contributed by atoms with Crippen LogP contribution in [0.4, 0.5) is 22.0 Å². The number of hydrogen-bond acceptors (Lipinski definition) is 2. The van der Waals surface area contributed by atoms with E-state index in [1.54, 1.807) is 0 Å². The van der Waals surface area contributed by atoms with Gasteiger partial charge in [0, 0.05) is 12.8 Å². The van der Waals surface area contributed by atoms with Gasteiger partial charge in [-0.25, -0.2) is 0 Å². The van der Waals surface area contributed by atoms with Crippen molar-refractivity contribution < 1.29 is 34.9 Å². The summed E-state index contributed by atoms with van der Waals surface area (Å²) in [5.74, 6) is 0. The third kappa shape index (κ3) is 7.80. The number of halogens is 5. The molecule has 0 saturated heterocycles. The topological polar surface area (TPSA) is 54.4 Å². The van der Waals surface area contributed by atoms with Crippen LogP contribution in [0, 0.1) is 0 Å². The Morgan fingerprint density at radius 3 is 1.56 bits per heavy atom. The molecule has 3 nitrogen and oxygen atoms in total. The van der Waals surface area contributed by atoms with Crippen LogP contribution in [0.2, 0.25) is 0 Å². The molecule has 0 aliphatic rings. The van der Waals surface area contributed by atoms with E-state index in [1.807, 2.05) is 0 Å². The third-order valence-corrected chi connectivity index (χ3v) is 3.26. The predicted molar refractivity (Wildman–Crippen MR) is 54.9 cm³/mol. The number of rotatable bonds is 8. The highest BCUT2D eigenvalue weighted by Crippen LogP contribution is 2.28. The van der Waals surface area contributed by atoms with Gasteiger partial charge in [-0.2, -0.15) is 30.4 Å². The van der Waals surface area contributed by atoms with Crippen molar-refractivity contribution in [2.24, 2.45) is 0 Å². The van der Waals surface area contributed by atoms with Crippen molar-refractivity contribution in [2.75, 3.05) is 0 Å². The Kier molecular flexibility index (Phi) is 6.48. The van der Waals surface area contributed by atoms with Crippen molar-refractivity contribution in [1.29, 1.82) is 0 Å². The van der Waals surface area contributed by atoms with Crippen LogP contribution in [-0.2, 0) is 10.1 Å². The molecule has 1 N–H and O–H groups in total. The third-order valence-electron chi connectivity index (χ3n) is 2.31. The summed E-state index contributed by atoms with van der Waals surface area (Å²) >= 11 is 0. The second-order valence-electron chi connectivity index (χ2n) is 4.00. The van der Waals surface area contributed by atoms with Gasteiger partial charge in [-0.05, 0) is 12.8 Å². The molecule has 0 fully saturated rings. The maximum absolute atomic E-state index is 12.7. The Bertz CT molecular complexity index is 337. The molecule has 9 heteroatoms. The van der Waals surface area contributed by atoms with Gasteiger partial charge in [-0.1, -0.05) is 19.3 Å². The van der Waals surface area contributed by atoms with E-state index in [2.05, 4.69) is 0 Å². The van der Waals surface area contributed by atoms with Crippen molar-refractivity contribution in [2.45, 2.75) is 56.4 Å². The van der Waals surface area contributed by atoms with Crippen LogP contribution in [0.25, 0.3) is 0 Å². The predicted octanol–water partition coefficient (Wildman–Crippen LogP) is 3.76. The molecule has 0 unspecified atom stereocenters. The van der Waals surface area contributed by atoms with Crippen molar-refractivity contribution in [1.82, 2.24) is 0 Å². The van der Waals surface area contributed by atoms with E-state index in [9.17, 15) is 30.4 Å². The minimum atomic E-state index is -5.40. The van der Waals surface area contributed by atoms with E-state index < -0.39 is 34.4 Å². The lowest BCUT2D eigenvalue weighted by molar-refractivity contribution is -0.135. The molecule has 0 bridgehead atoms. The molecule has 0 aliphatic heterocycles. The first-order valence-corrected chi connectivity index (χ1v) is 6.81. The van der Waals surface area contributed by atoms with Crippen molar-refractivity contribution in [3.05, 3.63) is 0 Å². The van der Waals surface area contributed by atoms with Gasteiger partial charge in [-0.3, -0.25) is 4.55 Å². The first kappa shape index (κ1) is 17.6. The number of hydrogen-bond donors (Lipinski definition) is 1. The molecule has 18 heavy (non-hydrogen) atoms. The van der Waals surface area contributed by atoms with Crippen LogP contribution in [0.15, 0.2) is 0 Å². The zero-order valence-corrected chi connectivity index (χ0v) is 10.3. The monoisotopic (exact) mass is 298 g/mol. The first-order chi connectivity index (χ1) is 7.96. The van der Waals surface area contributed by atoms with Crippen molar-refractivity contribution in [3.8, 4) is 0 Å². The van der Waals surface area contributed by atoms with Crippen LogP contribution in [0.5, 0.6) is 0 Å². The SMILES string of the molecule is O=S(=O)(O)C(F)(F)CCCCCCCC(F)(F)F. The lowest BCUT2D eigenvalue weighted by Gasteiger charge is -2.12. The lowest BCUT2D eigenvalue weighted by atomic mass is 10.1. The molecule has 0 spiro atoms. The van der Waals surface area contributed by atoms with Crippen LogP contribution in [-0.4, -0.2) is 24.4 Å². The number of alkyl halides is 5. The van der Waals surface area contributed by atoms with E-state index >= 15 is 0 Å². The van der Waals surface area contributed by atoms with Gasteiger partial charge >= 0.3 is 21.5 Å². The second-order valence-corrected chi connectivity index (χ2v) is 5.54. The van der Waals surface area contributed by atoms with Gasteiger partial charge in [0.05, 0.1) is 0 Å². The van der Waals surface area contributed by atoms with E-state index in [4.69, 9.17) is 4.55 Å². The molecular weight excluding hydrogens is 283 g/mol. The van der Waals surface area contributed by atoms with Crippen LogP contribution in [0.1, 0.15) is 44.9 Å². The van der Waals surface area contributed by atoms with Crippen LogP contribution >= 0.6 is 0 Å². The summed E-state index contributed by atoms with van der Waals surface area (Å²) in [6, 6.07) is 0. The standard InChI is InChI=1S/C9H15F5O3S/c10-8(11,12)6-4-2-1-3-5-7-9(13,14)18(15,16)17/h1-7H2,(H,15,16,17). The maximum Gasteiger partial charge on any atom is 0.389 e. The molecule has 0 heterocycles. The Labute approximate surface area is 102 Å². The van der Waals surface area contributed by atoms with Crippen LogP contribution < -0.4 is 0 Å². The molecule has 0 aromatic carbocycles. The Balaban J connectivity index is 3.64. The van der Waals surface area contributed by atoms with Gasteiger partial charge in [0.25, 0.3) is 0 Å². The molecule has 110 valence electrons. The van der Waals surface area contributed by atoms with Gasteiger partial charge in [0.1, 0.15) is 0 Å². The summed E-state index contributed by atoms with van der Waals surface area (Å²) < 4.78 is 89.1. The zero-order valence-electron chi connectivity index (χ0n) is 9.51. The van der Waals surface area contributed by atoms with Gasteiger partial charge in [0.15, 0.2) is 0 Å². The van der Waals surface area contributed by atoms with Gasteiger partial charge < -0.3 is 0 Å². The number of unbranched alkanes of at least 4 members (excludes halogenated alkanes) is 4. The molecule has 0 atom stereocenters. The van der Waals surface area contributed by atoms with Gasteiger partial charge in [-0.15, -0.1) is 0 Å².